The molecule has 0 unspecified atom stereocenters. The zero-order chi connectivity index (χ0) is 14.8. The summed E-state index contributed by atoms with van der Waals surface area (Å²) in [5, 5.41) is 0. The van der Waals surface area contributed by atoms with E-state index < -0.39 is 0 Å². The topological polar surface area (TPSA) is 26.3 Å². The molecular formula is C18H22O2. The molecule has 1 aliphatic rings. The largest absolute Gasteiger partial charge is 0.492 e. The summed E-state index contributed by atoms with van der Waals surface area (Å²) >= 11 is 0. The Hall–Kier alpha value is -2.09. The van der Waals surface area contributed by atoms with Crippen LogP contribution in [0, 0.1) is 6.92 Å². The van der Waals surface area contributed by atoms with Crippen LogP contribution in [0.2, 0.25) is 0 Å². The SMILES string of the molecule is CC.Cc1ccccc1.O=C1CCOc2ccccc21. The van der Waals surface area contributed by atoms with Gasteiger partial charge in [-0.25, -0.2) is 0 Å². The summed E-state index contributed by atoms with van der Waals surface area (Å²) < 4.78 is 5.27. The van der Waals surface area contributed by atoms with Crippen LogP contribution in [-0.4, -0.2) is 12.4 Å². The highest BCUT2D eigenvalue weighted by Crippen LogP contribution is 2.23. The zero-order valence-electron chi connectivity index (χ0n) is 12.4. The van der Waals surface area contributed by atoms with Crippen LogP contribution < -0.4 is 4.74 Å². The average molecular weight is 270 g/mol. The molecule has 1 heterocycles. The summed E-state index contributed by atoms with van der Waals surface area (Å²) in [6.45, 7) is 6.61. The first-order valence-corrected chi connectivity index (χ1v) is 7.04. The first kappa shape index (κ1) is 16.0. The lowest BCUT2D eigenvalue weighted by atomic mass is 10.1. The fourth-order valence-corrected chi connectivity index (χ4v) is 1.75. The van der Waals surface area contributed by atoms with Crippen molar-refractivity contribution in [3.63, 3.8) is 0 Å². The van der Waals surface area contributed by atoms with Crippen molar-refractivity contribution in [2.75, 3.05) is 6.61 Å². The Morgan fingerprint density at radius 2 is 1.50 bits per heavy atom. The Bertz CT molecular complexity index is 518. The molecule has 2 aromatic rings. The van der Waals surface area contributed by atoms with Crippen molar-refractivity contribution >= 4 is 5.78 Å². The van der Waals surface area contributed by atoms with Crippen LogP contribution in [0.15, 0.2) is 54.6 Å². The summed E-state index contributed by atoms with van der Waals surface area (Å²) in [6, 6.07) is 17.6. The molecule has 0 saturated heterocycles. The fraction of sp³-hybridized carbons (Fsp3) is 0.278. The minimum Gasteiger partial charge on any atom is -0.492 e. The summed E-state index contributed by atoms with van der Waals surface area (Å²) in [5.41, 5.74) is 2.04. The predicted octanol–water partition coefficient (Wildman–Crippen LogP) is 4.67. The third kappa shape index (κ3) is 4.88. The Balaban J connectivity index is 0.000000193. The Morgan fingerprint density at radius 1 is 0.900 bits per heavy atom. The predicted molar refractivity (Wildman–Crippen MR) is 83.4 cm³/mol. The number of para-hydroxylation sites is 1. The molecule has 0 amide bonds. The first-order valence-electron chi connectivity index (χ1n) is 7.04. The smallest absolute Gasteiger partial charge is 0.169 e. The van der Waals surface area contributed by atoms with Gasteiger partial charge in [-0.1, -0.05) is 61.9 Å². The van der Waals surface area contributed by atoms with Gasteiger partial charge in [0.15, 0.2) is 5.78 Å². The molecule has 20 heavy (non-hydrogen) atoms. The van der Waals surface area contributed by atoms with Crippen molar-refractivity contribution in [1.29, 1.82) is 0 Å². The number of hydrogen-bond donors (Lipinski definition) is 0. The Morgan fingerprint density at radius 3 is 2.05 bits per heavy atom. The minimum absolute atomic E-state index is 0.187. The number of hydrogen-bond acceptors (Lipinski definition) is 2. The van der Waals surface area contributed by atoms with Crippen LogP contribution in [0.4, 0.5) is 0 Å². The van der Waals surface area contributed by atoms with Crippen molar-refractivity contribution in [3.05, 3.63) is 65.7 Å². The number of Topliss-reactive ketones (excluding diaryl/α,β-unsaturated/α-hetero) is 1. The van der Waals surface area contributed by atoms with Crippen molar-refractivity contribution in [3.8, 4) is 5.75 Å². The Kier molecular flexibility index (Phi) is 7.12. The van der Waals surface area contributed by atoms with Gasteiger partial charge in [-0.15, -0.1) is 0 Å². The third-order valence-electron chi connectivity index (χ3n) is 2.71. The lowest BCUT2D eigenvalue weighted by Crippen LogP contribution is -2.14. The minimum atomic E-state index is 0.187. The molecule has 0 saturated carbocycles. The summed E-state index contributed by atoms with van der Waals surface area (Å²) in [7, 11) is 0. The highest BCUT2D eigenvalue weighted by molar-refractivity contribution is 5.99. The summed E-state index contributed by atoms with van der Waals surface area (Å²) in [6.07, 6.45) is 0.511. The van der Waals surface area contributed by atoms with E-state index in [1.807, 2.05) is 50.2 Å². The van der Waals surface area contributed by atoms with Crippen LogP contribution in [0.25, 0.3) is 0 Å². The van der Waals surface area contributed by atoms with Crippen LogP contribution in [0.5, 0.6) is 5.75 Å². The molecule has 0 radical (unpaired) electrons. The van der Waals surface area contributed by atoms with E-state index in [1.165, 1.54) is 5.56 Å². The number of rotatable bonds is 0. The van der Waals surface area contributed by atoms with Crippen LogP contribution in [0.1, 0.15) is 36.2 Å². The number of aryl methyl sites for hydroxylation is 1. The zero-order valence-corrected chi connectivity index (χ0v) is 12.4. The molecule has 0 N–H and O–H groups in total. The summed E-state index contributed by atoms with van der Waals surface area (Å²) in [4.78, 5) is 11.2. The van der Waals surface area contributed by atoms with Gasteiger partial charge < -0.3 is 4.74 Å². The average Bonchev–Trinajstić information content (AvgIpc) is 2.51. The van der Waals surface area contributed by atoms with Gasteiger partial charge in [0.25, 0.3) is 0 Å². The molecule has 0 atom stereocenters. The van der Waals surface area contributed by atoms with E-state index in [0.29, 0.717) is 13.0 Å². The van der Waals surface area contributed by atoms with Crippen molar-refractivity contribution in [2.45, 2.75) is 27.2 Å². The van der Waals surface area contributed by atoms with Gasteiger partial charge in [-0.05, 0) is 19.1 Å². The van der Waals surface area contributed by atoms with Gasteiger partial charge >= 0.3 is 0 Å². The molecule has 2 nitrogen and oxygen atoms in total. The maximum atomic E-state index is 11.2. The number of benzene rings is 2. The van der Waals surface area contributed by atoms with E-state index in [-0.39, 0.29) is 5.78 Å². The lowest BCUT2D eigenvalue weighted by molar-refractivity contribution is 0.0933. The maximum Gasteiger partial charge on any atom is 0.169 e. The molecule has 3 rings (SSSR count). The van der Waals surface area contributed by atoms with Gasteiger partial charge in [-0.3, -0.25) is 4.79 Å². The Labute approximate surface area is 121 Å². The van der Waals surface area contributed by atoms with Gasteiger partial charge in [-0.2, -0.15) is 0 Å². The first-order chi connectivity index (χ1) is 9.77. The van der Waals surface area contributed by atoms with Gasteiger partial charge in [0.05, 0.1) is 12.2 Å². The normalized spacial score (nSPS) is 11.8. The molecule has 0 fully saturated rings. The fourth-order valence-electron chi connectivity index (χ4n) is 1.75. The molecule has 2 heteroatoms. The van der Waals surface area contributed by atoms with Gasteiger partial charge in [0.1, 0.15) is 5.75 Å². The molecule has 0 spiro atoms. The van der Waals surface area contributed by atoms with Crippen LogP contribution in [-0.2, 0) is 0 Å². The monoisotopic (exact) mass is 270 g/mol. The second kappa shape index (κ2) is 8.92. The molecule has 1 aliphatic heterocycles. The second-order valence-electron chi connectivity index (χ2n) is 4.17. The molecule has 0 aliphatic carbocycles. The van der Waals surface area contributed by atoms with E-state index in [2.05, 4.69) is 19.1 Å². The standard InChI is InChI=1S/C9H8O2.C7H8.C2H6/c10-8-5-6-11-9-4-2-1-3-7(8)9;1-7-5-3-2-4-6-7;1-2/h1-4H,5-6H2;2-6H,1H3;1-2H3. The summed E-state index contributed by atoms with van der Waals surface area (Å²) in [5.74, 6) is 0.913. The number of ketones is 1. The molecule has 2 aromatic carbocycles. The number of carbonyl (C=O) groups excluding carboxylic acids is 1. The molecule has 106 valence electrons. The van der Waals surface area contributed by atoms with Crippen molar-refractivity contribution in [1.82, 2.24) is 0 Å². The quantitative estimate of drug-likeness (QED) is 0.695. The van der Waals surface area contributed by atoms with Crippen LogP contribution in [0.3, 0.4) is 0 Å². The second-order valence-corrected chi connectivity index (χ2v) is 4.17. The third-order valence-corrected chi connectivity index (χ3v) is 2.71. The number of ether oxygens (including phenoxy) is 1. The molecule has 0 aromatic heterocycles. The van der Waals surface area contributed by atoms with E-state index in [4.69, 9.17) is 4.74 Å². The number of carbonyl (C=O) groups is 1. The van der Waals surface area contributed by atoms with Crippen molar-refractivity contribution in [2.24, 2.45) is 0 Å². The van der Waals surface area contributed by atoms with E-state index in [9.17, 15) is 4.79 Å². The molecular weight excluding hydrogens is 248 g/mol. The van der Waals surface area contributed by atoms with E-state index >= 15 is 0 Å². The van der Waals surface area contributed by atoms with Crippen molar-refractivity contribution < 1.29 is 9.53 Å². The van der Waals surface area contributed by atoms with E-state index in [1.54, 1.807) is 6.07 Å². The highest BCUT2D eigenvalue weighted by atomic mass is 16.5. The lowest BCUT2D eigenvalue weighted by Gasteiger charge is -2.14. The van der Waals surface area contributed by atoms with Gasteiger partial charge in [0.2, 0.25) is 0 Å². The van der Waals surface area contributed by atoms with E-state index in [0.717, 1.165) is 11.3 Å². The van der Waals surface area contributed by atoms with Gasteiger partial charge in [0, 0.05) is 6.42 Å². The highest BCUT2D eigenvalue weighted by Gasteiger charge is 2.16. The maximum absolute atomic E-state index is 11.2. The van der Waals surface area contributed by atoms with Crippen LogP contribution >= 0.6 is 0 Å². The number of fused-ring (bicyclic) bond motifs is 1. The molecule has 0 bridgehead atoms.